The molecule has 2 rings (SSSR count). The molecule has 0 unspecified atom stereocenters. The monoisotopic (exact) mass is 290 g/mol. The van der Waals surface area contributed by atoms with Crippen LogP contribution in [0.4, 0.5) is 0 Å². The zero-order valence-corrected chi connectivity index (χ0v) is 11.5. The minimum atomic E-state index is -1.20. The van der Waals surface area contributed by atoms with Gasteiger partial charge < -0.3 is 19.4 Å². The van der Waals surface area contributed by atoms with E-state index in [0.29, 0.717) is 6.42 Å². The summed E-state index contributed by atoms with van der Waals surface area (Å²) in [7, 11) is 1.29. The zero-order valence-electron chi connectivity index (χ0n) is 11.5. The molecule has 0 bridgehead atoms. The Kier molecular flexibility index (Phi) is 3.98. The molecule has 1 heterocycles. The molecule has 1 aromatic heterocycles. The smallest absolute Gasteiger partial charge is 0.347 e. The predicted octanol–water partition coefficient (Wildman–Crippen LogP) is 2.63. The molecule has 2 N–H and O–H groups in total. The number of benzene rings is 1. The first-order valence-corrected chi connectivity index (χ1v) is 6.27. The molecule has 0 saturated heterocycles. The summed E-state index contributed by atoms with van der Waals surface area (Å²) in [5.41, 5.74) is -0.799. The van der Waals surface area contributed by atoms with Crippen molar-refractivity contribution in [3.8, 4) is 11.5 Å². The molecule has 0 aliphatic carbocycles. The third-order valence-electron chi connectivity index (χ3n) is 2.99. The summed E-state index contributed by atoms with van der Waals surface area (Å²) in [6, 6.07) is 2.57. The van der Waals surface area contributed by atoms with Gasteiger partial charge in [-0.05, 0) is 24.6 Å². The van der Waals surface area contributed by atoms with Crippen molar-refractivity contribution in [2.75, 3.05) is 7.11 Å². The highest BCUT2D eigenvalue weighted by molar-refractivity contribution is 6.02. The Labute approximate surface area is 119 Å². The van der Waals surface area contributed by atoms with Crippen molar-refractivity contribution in [1.82, 2.24) is 0 Å². The van der Waals surface area contributed by atoms with Crippen LogP contribution in [0.5, 0.6) is 11.5 Å². The number of fused-ring (bicyclic) bond motifs is 1. The predicted molar refractivity (Wildman–Crippen MR) is 77.0 cm³/mol. The Morgan fingerprint density at radius 1 is 1.43 bits per heavy atom. The second-order valence-corrected chi connectivity index (χ2v) is 4.29. The Balaban J connectivity index is 2.91. The van der Waals surface area contributed by atoms with Crippen LogP contribution < -0.4 is 10.4 Å². The first-order valence-electron chi connectivity index (χ1n) is 6.27. The SMILES string of the molecule is CCC=Cc1c(O)c2c(OC)c(C(=O)O)ccc2oc1=O. The van der Waals surface area contributed by atoms with Crippen LogP contribution in [-0.4, -0.2) is 23.3 Å². The fourth-order valence-corrected chi connectivity index (χ4v) is 2.02. The van der Waals surface area contributed by atoms with Crippen molar-refractivity contribution < 1.29 is 24.2 Å². The van der Waals surface area contributed by atoms with Gasteiger partial charge in [0.15, 0.2) is 0 Å². The average Bonchev–Trinajstić information content (AvgIpc) is 2.45. The van der Waals surface area contributed by atoms with Crippen molar-refractivity contribution in [3.63, 3.8) is 0 Å². The van der Waals surface area contributed by atoms with E-state index < -0.39 is 11.6 Å². The van der Waals surface area contributed by atoms with E-state index in [9.17, 15) is 14.7 Å². The van der Waals surface area contributed by atoms with Gasteiger partial charge >= 0.3 is 11.6 Å². The minimum Gasteiger partial charge on any atom is -0.506 e. The topological polar surface area (TPSA) is 97.0 Å². The molecule has 1 aromatic carbocycles. The van der Waals surface area contributed by atoms with Gasteiger partial charge in [0.05, 0.1) is 7.11 Å². The van der Waals surface area contributed by atoms with Crippen LogP contribution in [0.25, 0.3) is 17.0 Å². The van der Waals surface area contributed by atoms with E-state index in [4.69, 9.17) is 14.3 Å². The highest BCUT2D eigenvalue weighted by Gasteiger charge is 2.21. The molecular formula is C15H14O6. The molecular weight excluding hydrogens is 276 g/mol. The van der Waals surface area contributed by atoms with Gasteiger partial charge in [-0.15, -0.1) is 0 Å². The highest BCUT2D eigenvalue weighted by Crippen LogP contribution is 2.37. The number of hydrogen-bond donors (Lipinski definition) is 2. The zero-order chi connectivity index (χ0) is 15.6. The van der Waals surface area contributed by atoms with Crippen LogP contribution in [0.15, 0.2) is 27.4 Å². The summed E-state index contributed by atoms with van der Waals surface area (Å²) in [5.74, 6) is -1.61. The standard InChI is InChI=1S/C15H14O6/c1-3-4-5-8-12(16)11-10(21-15(8)19)7-6-9(14(17)18)13(11)20-2/h4-7,16H,3H2,1-2H3,(H,17,18). The number of carbonyl (C=O) groups is 1. The Hall–Kier alpha value is -2.76. The molecule has 0 amide bonds. The fourth-order valence-electron chi connectivity index (χ4n) is 2.02. The molecule has 0 radical (unpaired) electrons. The van der Waals surface area contributed by atoms with Gasteiger partial charge in [-0.25, -0.2) is 9.59 Å². The molecule has 6 nitrogen and oxygen atoms in total. The number of carboxylic acids is 1. The normalized spacial score (nSPS) is 11.1. The number of carboxylic acid groups (broad SMARTS) is 1. The summed E-state index contributed by atoms with van der Waals surface area (Å²) in [4.78, 5) is 23.0. The van der Waals surface area contributed by atoms with Crippen molar-refractivity contribution >= 4 is 23.0 Å². The van der Waals surface area contributed by atoms with Crippen LogP contribution in [0.2, 0.25) is 0 Å². The Morgan fingerprint density at radius 2 is 2.14 bits per heavy atom. The van der Waals surface area contributed by atoms with Crippen LogP contribution in [-0.2, 0) is 0 Å². The van der Waals surface area contributed by atoms with E-state index in [1.165, 1.54) is 25.3 Å². The molecule has 0 saturated carbocycles. The van der Waals surface area contributed by atoms with Crippen molar-refractivity contribution in [3.05, 3.63) is 39.8 Å². The second kappa shape index (κ2) is 5.70. The molecule has 21 heavy (non-hydrogen) atoms. The summed E-state index contributed by atoms with van der Waals surface area (Å²) in [6.07, 6.45) is 3.79. The maximum atomic E-state index is 11.8. The highest BCUT2D eigenvalue weighted by atomic mass is 16.5. The maximum absolute atomic E-state index is 11.8. The maximum Gasteiger partial charge on any atom is 0.347 e. The van der Waals surface area contributed by atoms with Gasteiger partial charge in [0.25, 0.3) is 0 Å². The molecule has 0 aliphatic heterocycles. The quantitative estimate of drug-likeness (QED) is 0.840. The number of allylic oxidation sites excluding steroid dienone is 1. The van der Waals surface area contributed by atoms with Crippen LogP contribution >= 0.6 is 0 Å². The Morgan fingerprint density at radius 3 is 2.71 bits per heavy atom. The van der Waals surface area contributed by atoms with Gasteiger partial charge in [0, 0.05) is 0 Å². The van der Waals surface area contributed by atoms with E-state index in [0.717, 1.165) is 0 Å². The van der Waals surface area contributed by atoms with Crippen LogP contribution in [0.3, 0.4) is 0 Å². The van der Waals surface area contributed by atoms with E-state index in [1.807, 2.05) is 6.92 Å². The molecule has 0 atom stereocenters. The lowest BCUT2D eigenvalue weighted by atomic mass is 10.1. The summed E-state index contributed by atoms with van der Waals surface area (Å²) in [6.45, 7) is 1.87. The number of aromatic hydroxyl groups is 1. The third-order valence-corrected chi connectivity index (χ3v) is 2.99. The van der Waals surface area contributed by atoms with Crippen LogP contribution in [0.1, 0.15) is 29.3 Å². The molecule has 0 aliphatic rings. The van der Waals surface area contributed by atoms with Crippen molar-refractivity contribution in [2.24, 2.45) is 0 Å². The van der Waals surface area contributed by atoms with Gasteiger partial charge in [-0.1, -0.05) is 13.0 Å². The lowest BCUT2D eigenvalue weighted by Gasteiger charge is -2.10. The molecule has 2 aromatic rings. The number of rotatable bonds is 4. The van der Waals surface area contributed by atoms with Crippen LogP contribution in [0, 0.1) is 0 Å². The first kappa shape index (κ1) is 14.6. The van der Waals surface area contributed by atoms with Gasteiger partial charge in [-0.2, -0.15) is 0 Å². The molecule has 0 spiro atoms. The van der Waals surface area contributed by atoms with E-state index >= 15 is 0 Å². The molecule has 110 valence electrons. The largest absolute Gasteiger partial charge is 0.506 e. The number of aromatic carboxylic acids is 1. The fraction of sp³-hybridized carbons (Fsp3) is 0.200. The van der Waals surface area contributed by atoms with E-state index in [-0.39, 0.29) is 33.6 Å². The summed E-state index contributed by atoms with van der Waals surface area (Å²) >= 11 is 0. The number of hydrogen-bond acceptors (Lipinski definition) is 5. The lowest BCUT2D eigenvalue weighted by molar-refractivity contribution is 0.0693. The molecule has 6 heteroatoms. The third kappa shape index (κ3) is 2.47. The summed E-state index contributed by atoms with van der Waals surface area (Å²) < 4.78 is 10.2. The first-order chi connectivity index (χ1) is 10.0. The minimum absolute atomic E-state index is 0.0369. The Bertz CT molecular complexity index is 785. The molecule has 0 fully saturated rings. The average molecular weight is 290 g/mol. The van der Waals surface area contributed by atoms with Crippen molar-refractivity contribution in [1.29, 1.82) is 0 Å². The summed E-state index contributed by atoms with van der Waals surface area (Å²) in [5, 5.41) is 19.5. The van der Waals surface area contributed by atoms with Crippen molar-refractivity contribution in [2.45, 2.75) is 13.3 Å². The number of methoxy groups -OCH3 is 1. The van der Waals surface area contributed by atoms with E-state index in [1.54, 1.807) is 6.08 Å². The van der Waals surface area contributed by atoms with E-state index in [2.05, 4.69) is 0 Å². The van der Waals surface area contributed by atoms with Gasteiger partial charge in [0.1, 0.15) is 33.6 Å². The lowest BCUT2D eigenvalue weighted by Crippen LogP contribution is -2.06. The van der Waals surface area contributed by atoms with Gasteiger partial charge in [-0.3, -0.25) is 0 Å². The van der Waals surface area contributed by atoms with Gasteiger partial charge in [0.2, 0.25) is 0 Å². The second-order valence-electron chi connectivity index (χ2n) is 4.29. The number of ether oxygens (including phenoxy) is 1.